The van der Waals surface area contributed by atoms with Crippen LogP contribution in [0.3, 0.4) is 0 Å². The fourth-order valence-electron chi connectivity index (χ4n) is 1.45. The molecule has 0 aliphatic carbocycles. The summed E-state index contributed by atoms with van der Waals surface area (Å²) in [7, 11) is 0. The van der Waals surface area contributed by atoms with Gasteiger partial charge in [0.15, 0.2) is 0 Å². The molecular weight excluding hydrogens is 219 g/mol. The van der Waals surface area contributed by atoms with Gasteiger partial charge in [0.25, 0.3) is 0 Å². The molecule has 0 fully saturated rings. The molecule has 1 aromatic heterocycles. The zero-order valence-corrected chi connectivity index (χ0v) is 9.28. The first-order valence-corrected chi connectivity index (χ1v) is 5.33. The second kappa shape index (κ2) is 3.79. The topological polar surface area (TPSA) is 28.7 Å². The Morgan fingerprint density at radius 3 is 2.93 bits per heavy atom. The van der Waals surface area contributed by atoms with Gasteiger partial charge in [0, 0.05) is 17.3 Å². The van der Waals surface area contributed by atoms with Crippen molar-refractivity contribution in [3.8, 4) is 0 Å². The van der Waals surface area contributed by atoms with Crippen molar-refractivity contribution in [2.24, 2.45) is 0 Å². The van der Waals surface area contributed by atoms with Crippen LogP contribution in [0.15, 0.2) is 12.1 Å². The average molecular weight is 229 g/mol. The maximum Gasteiger partial charge on any atom is 0.108 e. The molecular formula is C10H10Cl2N2. The third-order valence-corrected chi connectivity index (χ3v) is 2.82. The summed E-state index contributed by atoms with van der Waals surface area (Å²) >= 11 is 11.6. The Labute approximate surface area is 92.2 Å². The highest BCUT2D eigenvalue weighted by molar-refractivity contribution is 6.32. The second-order valence-electron chi connectivity index (χ2n) is 3.19. The van der Waals surface area contributed by atoms with Gasteiger partial charge >= 0.3 is 0 Å². The first-order chi connectivity index (χ1) is 6.72. The Hall–Kier alpha value is -0.730. The Bertz CT molecular complexity index is 462. The van der Waals surface area contributed by atoms with E-state index < -0.39 is 0 Å². The molecule has 2 nitrogen and oxygen atoms in total. The normalized spacial score (nSPS) is 11.1. The Morgan fingerprint density at radius 1 is 1.43 bits per heavy atom. The summed E-state index contributed by atoms with van der Waals surface area (Å²) in [5.74, 6) is 1.49. The molecule has 0 spiro atoms. The van der Waals surface area contributed by atoms with Gasteiger partial charge in [0.05, 0.1) is 11.0 Å². The van der Waals surface area contributed by atoms with E-state index in [1.807, 2.05) is 19.1 Å². The number of benzene rings is 1. The van der Waals surface area contributed by atoms with Crippen LogP contribution in [0.4, 0.5) is 0 Å². The summed E-state index contributed by atoms with van der Waals surface area (Å²) in [6.07, 6.45) is 0.757. The first kappa shape index (κ1) is 9.81. The van der Waals surface area contributed by atoms with Crippen LogP contribution in [0.5, 0.6) is 0 Å². The molecule has 0 atom stereocenters. The number of fused-ring (bicyclic) bond motifs is 1. The Morgan fingerprint density at radius 2 is 2.21 bits per heavy atom. The minimum Gasteiger partial charge on any atom is -0.342 e. The number of imidazole rings is 1. The summed E-state index contributed by atoms with van der Waals surface area (Å²) in [4.78, 5) is 7.65. The molecule has 0 saturated carbocycles. The number of aryl methyl sites for hydroxylation is 2. The number of rotatable bonds is 2. The molecule has 4 heteroatoms. The lowest BCUT2D eigenvalue weighted by Crippen LogP contribution is -1.87. The monoisotopic (exact) mass is 228 g/mol. The summed E-state index contributed by atoms with van der Waals surface area (Å²) < 4.78 is 0. The molecule has 1 aromatic carbocycles. The average Bonchev–Trinajstić information content (AvgIpc) is 2.56. The molecule has 0 saturated heterocycles. The minimum absolute atomic E-state index is 0.576. The van der Waals surface area contributed by atoms with Crippen LogP contribution in [0.25, 0.3) is 11.0 Å². The second-order valence-corrected chi connectivity index (χ2v) is 3.98. The molecule has 1 N–H and O–H groups in total. The molecule has 0 amide bonds. The van der Waals surface area contributed by atoms with Crippen LogP contribution in [-0.4, -0.2) is 15.8 Å². The summed E-state index contributed by atoms with van der Waals surface area (Å²) in [5, 5.41) is 0.751. The largest absolute Gasteiger partial charge is 0.342 e. The molecule has 1 heterocycles. The number of H-pyrrole nitrogens is 1. The van der Waals surface area contributed by atoms with Gasteiger partial charge in [-0.3, -0.25) is 0 Å². The van der Waals surface area contributed by atoms with Crippen molar-refractivity contribution in [3.05, 3.63) is 28.5 Å². The van der Waals surface area contributed by atoms with E-state index in [2.05, 4.69) is 9.97 Å². The van der Waals surface area contributed by atoms with Crippen LogP contribution >= 0.6 is 23.2 Å². The van der Waals surface area contributed by atoms with E-state index in [1.54, 1.807) is 0 Å². The molecule has 2 rings (SSSR count). The summed E-state index contributed by atoms with van der Waals surface area (Å²) in [6, 6.07) is 3.82. The summed E-state index contributed by atoms with van der Waals surface area (Å²) in [5.41, 5.74) is 2.98. The Kier molecular flexibility index (Phi) is 2.66. The SMILES string of the molecule is Cc1c(Cl)ccc2[nH]c(CCCl)nc12. The number of hydrogen-bond donors (Lipinski definition) is 1. The molecule has 0 radical (unpaired) electrons. The van der Waals surface area contributed by atoms with Crippen LogP contribution in [0.1, 0.15) is 11.4 Å². The quantitative estimate of drug-likeness (QED) is 0.786. The number of nitrogens with one attached hydrogen (secondary N) is 1. The maximum atomic E-state index is 5.99. The highest BCUT2D eigenvalue weighted by Gasteiger charge is 2.06. The van der Waals surface area contributed by atoms with Crippen molar-refractivity contribution in [2.45, 2.75) is 13.3 Å². The van der Waals surface area contributed by atoms with E-state index in [0.29, 0.717) is 5.88 Å². The number of alkyl halides is 1. The van der Waals surface area contributed by atoms with Crippen LogP contribution in [-0.2, 0) is 6.42 Å². The van der Waals surface area contributed by atoms with Crippen molar-refractivity contribution in [2.75, 3.05) is 5.88 Å². The van der Waals surface area contributed by atoms with E-state index in [9.17, 15) is 0 Å². The molecule has 0 aliphatic rings. The van der Waals surface area contributed by atoms with Crippen molar-refractivity contribution >= 4 is 34.2 Å². The van der Waals surface area contributed by atoms with Crippen molar-refractivity contribution in [1.29, 1.82) is 0 Å². The molecule has 14 heavy (non-hydrogen) atoms. The van der Waals surface area contributed by atoms with Crippen LogP contribution < -0.4 is 0 Å². The lowest BCUT2D eigenvalue weighted by Gasteiger charge is -1.96. The first-order valence-electron chi connectivity index (χ1n) is 4.42. The summed E-state index contributed by atoms with van der Waals surface area (Å²) in [6.45, 7) is 1.97. The van der Waals surface area contributed by atoms with Gasteiger partial charge < -0.3 is 4.98 Å². The van der Waals surface area contributed by atoms with Crippen LogP contribution in [0, 0.1) is 6.92 Å². The third kappa shape index (κ3) is 1.60. The van der Waals surface area contributed by atoms with Gasteiger partial charge in [0.1, 0.15) is 5.82 Å². The van der Waals surface area contributed by atoms with Gasteiger partial charge in [0.2, 0.25) is 0 Å². The van der Waals surface area contributed by atoms with Crippen molar-refractivity contribution < 1.29 is 0 Å². The number of aromatic amines is 1. The van der Waals surface area contributed by atoms with E-state index in [0.717, 1.165) is 33.9 Å². The third-order valence-electron chi connectivity index (χ3n) is 2.22. The van der Waals surface area contributed by atoms with Crippen molar-refractivity contribution in [3.63, 3.8) is 0 Å². The van der Waals surface area contributed by atoms with Crippen molar-refractivity contribution in [1.82, 2.24) is 9.97 Å². The lowest BCUT2D eigenvalue weighted by molar-refractivity contribution is 1.01. The zero-order valence-electron chi connectivity index (χ0n) is 7.77. The highest BCUT2D eigenvalue weighted by atomic mass is 35.5. The highest BCUT2D eigenvalue weighted by Crippen LogP contribution is 2.23. The molecule has 0 bridgehead atoms. The van der Waals surface area contributed by atoms with Gasteiger partial charge in [-0.15, -0.1) is 11.6 Å². The zero-order chi connectivity index (χ0) is 10.1. The number of aromatic nitrogens is 2. The van der Waals surface area contributed by atoms with E-state index in [1.165, 1.54) is 0 Å². The molecule has 2 aromatic rings. The molecule has 74 valence electrons. The number of hydrogen-bond acceptors (Lipinski definition) is 1. The van der Waals surface area contributed by atoms with Gasteiger partial charge in [-0.05, 0) is 24.6 Å². The van der Waals surface area contributed by atoms with Crippen LogP contribution in [0.2, 0.25) is 5.02 Å². The van der Waals surface area contributed by atoms with Gasteiger partial charge in [-0.1, -0.05) is 11.6 Å². The van der Waals surface area contributed by atoms with Gasteiger partial charge in [-0.2, -0.15) is 0 Å². The van der Waals surface area contributed by atoms with E-state index >= 15 is 0 Å². The predicted octanol–water partition coefficient (Wildman–Crippen LogP) is 3.31. The predicted molar refractivity (Wildman–Crippen MR) is 60.3 cm³/mol. The smallest absolute Gasteiger partial charge is 0.108 e. The standard InChI is InChI=1S/C10H10Cl2N2/c1-6-7(12)2-3-8-10(6)14-9(13-8)4-5-11/h2-3H,4-5H2,1H3,(H,13,14). The number of nitrogens with zero attached hydrogens (tertiary/aromatic N) is 1. The fourth-order valence-corrected chi connectivity index (χ4v) is 1.78. The fraction of sp³-hybridized carbons (Fsp3) is 0.300. The van der Waals surface area contributed by atoms with E-state index in [-0.39, 0.29) is 0 Å². The molecule has 0 aliphatic heterocycles. The minimum atomic E-state index is 0.576. The number of halogens is 2. The molecule has 0 unspecified atom stereocenters. The lowest BCUT2D eigenvalue weighted by atomic mass is 10.2. The van der Waals surface area contributed by atoms with E-state index in [4.69, 9.17) is 23.2 Å². The Balaban J connectivity index is 2.59. The maximum absolute atomic E-state index is 5.99. The van der Waals surface area contributed by atoms with Gasteiger partial charge in [-0.25, -0.2) is 4.98 Å².